The standard InChI is InChI=1S/C6H13S/c1-6-4-3-5-7(6)2/h6H,3-5H2,1-2H3/q+1. The highest BCUT2D eigenvalue weighted by Gasteiger charge is 2.26. The van der Waals surface area contributed by atoms with Crippen molar-refractivity contribution in [3.63, 3.8) is 0 Å². The Bertz CT molecular complexity index is 53.2. The molecule has 2 atom stereocenters. The topological polar surface area (TPSA) is 0 Å². The first-order chi connectivity index (χ1) is 3.30. The van der Waals surface area contributed by atoms with Gasteiger partial charge in [-0.3, -0.25) is 0 Å². The van der Waals surface area contributed by atoms with Gasteiger partial charge in [0.25, 0.3) is 0 Å². The molecule has 0 aromatic rings. The maximum Gasteiger partial charge on any atom is 0.115 e. The van der Waals surface area contributed by atoms with E-state index in [0.29, 0.717) is 0 Å². The fraction of sp³-hybridized carbons (Fsp3) is 1.00. The van der Waals surface area contributed by atoms with Crippen LogP contribution < -0.4 is 0 Å². The summed E-state index contributed by atoms with van der Waals surface area (Å²) in [5.74, 6) is 1.50. The molecule has 0 bridgehead atoms. The van der Waals surface area contributed by atoms with Crippen molar-refractivity contribution in [2.45, 2.75) is 25.0 Å². The fourth-order valence-corrected chi connectivity index (χ4v) is 2.59. The van der Waals surface area contributed by atoms with Crippen molar-refractivity contribution in [2.24, 2.45) is 0 Å². The maximum atomic E-state index is 2.39. The predicted molar refractivity (Wildman–Crippen MR) is 36.9 cm³/mol. The Morgan fingerprint density at radius 1 is 1.57 bits per heavy atom. The van der Waals surface area contributed by atoms with E-state index in [-0.39, 0.29) is 0 Å². The SMILES string of the molecule is CC1CCC[S+]1C. The highest BCUT2D eigenvalue weighted by molar-refractivity contribution is 7.97. The highest BCUT2D eigenvalue weighted by Crippen LogP contribution is 2.18. The summed E-state index contributed by atoms with van der Waals surface area (Å²) < 4.78 is 0. The summed E-state index contributed by atoms with van der Waals surface area (Å²) in [7, 11) is 0.782. The largest absolute Gasteiger partial charge is 0.115 e. The lowest BCUT2D eigenvalue weighted by Crippen LogP contribution is -2.09. The third-order valence-electron chi connectivity index (χ3n) is 1.76. The normalized spacial score (nSPS) is 42.0. The molecule has 0 saturated carbocycles. The fourth-order valence-electron chi connectivity index (χ4n) is 1.00. The summed E-state index contributed by atoms with van der Waals surface area (Å²) in [6.45, 7) is 2.37. The smallest absolute Gasteiger partial charge is 0.0170 e. The third-order valence-corrected chi connectivity index (χ3v) is 4.31. The van der Waals surface area contributed by atoms with Crippen molar-refractivity contribution in [2.75, 3.05) is 12.0 Å². The minimum Gasteiger partial charge on any atom is -0.0170 e. The zero-order valence-electron chi connectivity index (χ0n) is 5.11. The van der Waals surface area contributed by atoms with E-state index in [4.69, 9.17) is 0 Å². The third kappa shape index (κ3) is 1.12. The number of rotatable bonds is 0. The summed E-state index contributed by atoms with van der Waals surface area (Å²) in [6, 6.07) is 0. The second kappa shape index (κ2) is 2.08. The molecule has 0 amide bonds. The minimum absolute atomic E-state index is 0.782. The van der Waals surface area contributed by atoms with Gasteiger partial charge in [-0.1, -0.05) is 0 Å². The van der Waals surface area contributed by atoms with Gasteiger partial charge in [-0.15, -0.1) is 0 Å². The Morgan fingerprint density at radius 3 is 2.43 bits per heavy atom. The van der Waals surface area contributed by atoms with Crippen LogP contribution in [0.4, 0.5) is 0 Å². The lowest BCUT2D eigenvalue weighted by atomic mass is 10.3. The van der Waals surface area contributed by atoms with Gasteiger partial charge in [-0.25, -0.2) is 0 Å². The van der Waals surface area contributed by atoms with Crippen LogP contribution in [-0.4, -0.2) is 17.3 Å². The molecule has 1 aliphatic rings. The van der Waals surface area contributed by atoms with Gasteiger partial charge in [0.1, 0.15) is 11.0 Å². The van der Waals surface area contributed by atoms with E-state index in [1.165, 1.54) is 18.6 Å². The van der Waals surface area contributed by atoms with Gasteiger partial charge < -0.3 is 0 Å². The molecule has 1 aliphatic heterocycles. The van der Waals surface area contributed by atoms with Crippen molar-refractivity contribution in [1.82, 2.24) is 0 Å². The van der Waals surface area contributed by atoms with E-state index in [1.54, 1.807) is 0 Å². The lowest BCUT2D eigenvalue weighted by Gasteiger charge is -1.95. The zero-order valence-corrected chi connectivity index (χ0v) is 5.92. The van der Waals surface area contributed by atoms with Crippen LogP contribution in [0.2, 0.25) is 0 Å². The Balaban J connectivity index is 2.33. The maximum absolute atomic E-state index is 2.39. The van der Waals surface area contributed by atoms with Gasteiger partial charge in [-0.05, 0) is 30.7 Å². The van der Waals surface area contributed by atoms with Crippen molar-refractivity contribution in [3.05, 3.63) is 0 Å². The molecule has 2 unspecified atom stereocenters. The second-order valence-electron chi connectivity index (χ2n) is 2.35. The Labute approximate surface area is 48.6 Å². The number of hydrogen-bond donors (Lipinski definition) is 0. The molecule has 1 fully saturated rings. The van der Waals surface area contributed by atoms with Crippen LogP contribution in [0.15, 0.2) is 0 Å². The quantitative estimate of drug-likeness (QED) is 0.421. The van der Waals surface area contributed by atoms with Crippen molar-refractivity contribution in [3.8, 4) is 0 Å². The summed E-state index contributed by atoms with van der Waals surface area (Å²) in [5.41, 5.74) is 0. The molecule has 1 heteroatoms. The summed E-state index contributed by atoms with van der Waals surface area (Å²) >= 11 is 0. The molecule has 42 valence electrons. The predicted octanol–water partition coefficient (Wildman–Crippen LogP) is 1.42. The summed E-state index contributed by atoms with van der Waals surface area (Å²) in [5, 5.41) is 1.04. The zero-order chi connectivity index (χ0) is 5.28. The van der Waals surface area contributed by atoms with Gasteiger partial charge in [0.05, 0.1) is 6.26 Å². The molecule has 1 heterocycles. The van der Waals surface area contributed by atoms with Gasteiger partial charge in [0.15, 0.2) is 0 Å². The molecule has 0 nitrogen and oxygen atoms in total. The van der Waals surface area contributed by atoms with Crippen molar-refractivity contribution < 1.29 is 0 Å². The first-order valence-corrected chi connectivity index (χ1v) is 4.78. The monoisotopic (exact) mass is 117 g/mol. The molecule has 7 heavy (non-hydrogen) atoms. The van der Waals surface area contributed by atoms with Gasteiger partial charge in [0.2, 0.25) is 0 Å². The van der Waals surface area contributed by atoms with Crippen LogP contribution in [0.25, 0.3) is 0 Å². The Hall–Kier alpha value is 0.350. The lowest BCUT2D eigenvalue weighted by molar-refractivity contribution is 0.837. The van der Waals surface area contributed by atoms with Crippen LogP contribution in [0.5, 0.6) is 0 Å². The molecule has 0 aromatic heterocycles. The average Bonchev–Trinajstić information content (AvgIpc) is 1.91. The highest BCUT2D eigenvalue weighted by atomic mass is 32.2. The van der Waals surface area contributed by atoms with Crippen LogP contribution >= 0.6 is 0 Å². The molecule has 0 N–H and O–H groups in total. The second-order valence-corrected chi connectivity index (χ2v) is 4.94. The molecule has 0 aromatic carbocycles. The molecule has 0 radical (unpaired) electrons. The average molecular weight is 117 g/mol. The molecular formula is C6H13S+. The molecular weight excluding hydrogens is 104 g/mol. The van der Waals surface area contributed by atoms with Crippen molar-refractivity contribution in [1.29, 1.82) is 0 Å². The van der Waals surface area contributed by atoms with Gasteiger partial charge >= 0.3 is 0 Å². The first kappa shape index (κ1) is 5.49. The summed E-state index contributed by atoms with van der Waals surface area (Å²) in [4.78, 5) is 0. The minimum atomic E-state index is 0.782. The van der Waals surface area contributed by atoms with E-state index in [0.717, 1.165) is 16.1 Å². The van der Waals surface area contributed by atoms with Gasteiger partial charge in [0, 0.05) is 0 Å². The molecule has 1 saturated heterocycles. The first-order valence-electron chi connectivity index (χ1n) is 2.92. The van der Waals surface area contributed by atoms with Crippen LogP contribution in [0, 0.1) is 0 Å². The Morgan fingerprint density at radius 2 is 2.29 bits per heavy atom. The number of hydrogen-bond acceptors (Lipinski definition) is 0. The molecule has 0 spiro atoms. The van der Waals surface area contributed by atoms with Crippen LogP contribution in [0.3, 0.4) is 0 Å². The van der Waals surface area contributed by atoms with Gasteiger partial charge in [-0.2, -0.15) is 0 Å². The van der Waals surface area contributed by atoms with Crippen LogP contribution in [-0.2, 0) is 10.9 Å². The van der Waals surface area contributed by atoms with E-state index in [2.05, 4.69) is 13.2 Å². The summed E-state index contributed by atoms with van der Waals surface area (Å²) in [6.07, 6.45) is 5.36. The van der Waals surface area contributed by atoms with E-state index in [1.807, 2.05) is 0 Å². The van der Waals surface area contributed by atoms with Crippen molar-refractivity contribution >= 4 is 10.9 Å². The molecule has 1 rings (SSSR count). The Kier molecular flexibility index (Phi) is 1.63. The van der Waals surface area contributed by atoms with Crippen LogP contribution in [0.1, 0.15) is 19.8 Å². The van der Waals surface area contributed by atoms with E-state index >= 15 is 0 Å². The van der Waals surface area contributed by atoms with E-state index in [9.17, 15) is 0 Å². The molecule has 0 aliphatic carbocycles. The van der Waals surface area contributed by atoms with E-state index < -0.39 is 0 Å².